The topological polar surface area (TPSA) is 60.3 Å². The molecule has 1 amide bonds. The van der Waals surface area contributed by atoms with Crippen molar-refractivity contribution >= 4 is 17.8 Å². The second-order valence-corrected chi connectivity index (χ2v) is 4.84. The van der Waals surface area contributed by atoms with Gasteiger partial charge in [-0.3, -0.25) is 4.79 Å². The molecule has 1 fully saturated rings. The van der Waals surface area contributed by atoms with Crippen molar-refractivity contribution in [2.24, 2.45) is 10.1 Å². The maximum atomic E-state index is 11.6. The van der Waals surface area contributed by atoms with E-state index in [4.69, 9.17) is 0 Å². The first-order valence-corrected chi connectivity index (χ1v) is 6.92. The van der Waals surface area contributed by atoms with Crippen LogP contribution in [0.4, 0.5) is 0 Å². The number of carbonyl (C=O) groups excluding carboxylic acids is 1. The molecular weight excluding hydrogens is 254 g/mol. The van der Waals surface area contributed by atoms with Gasteiger partial charge in [0.2, 0.25) is 5.91 Å². The Balaban J connectivity index is 2.22. The SMILES string of the molecule is C=C1N=C(C)C=C(N2CCNC(=O)C2)N1/N=C\CCC. The maximum Gasteiger partial charge on any atom is 0.239 e. The van der Waals surface area contributed by atoms with Crippen LogP contribution in [0.3, 0.4) is 0 Å². The summed E-state index contributed by atoms with van der Waals surface area (Å²) >= 11 is 0. The van der Waals surface area contributed by atoms with Gasteiger partial charge < -0.3 is 10.2 Å². The number of carbonyl (C=O) groups is 1. The van der Waals surface area contributed by atoms with Crippen LogP contribution in [0.5, 0.6) is 0 Å². The van der Waals surface area contributed by atoms with Crippen LogP contribution in [0.1, 0.15) is 26.7 Å². The van der Waals surface area contributed by atoms with Gasteiger partial charge in [-0.15, -0.1) is 0 Å². The molecule has 0 aromatic heterocycles. The summed E-state index contributed by atoms with van der Waals surface area (Å²) in [5.41, 5.74) is 0.873. The molecule has 0 bridgehead atoms. The molecule has 6 heteroatoms. The van der Waals surface area contributed by atoms with Gasteiger partial charge in [0.15, 0.2) is 0 Å². The van der Waals surface area contributed by atoms with Crippen molar-refractivity contribution < 1.29 is 4.79 Å². The van der Waals surface area contributed by atoms with Gasteiger partial charge in [-0.2, -0.15) is 5.10 Å². The predicted octanol–water partition coefficient (Wildman–Crippen LogP) is 1.29. The highest BCUT2D eigenvalue weighted by Crippen LogP contribution is 2.22. The number of allylic oxidation sites excluding steroid dienone is 1. The van der Waals surface area contributed by atoms with Crippen LogP contribution in [-0.2, 0) is 4.79 Å². The minimum atomic E-state index is 0.0282. The molecule has 0 atom stereocenters. The van der Waals surface area contributed by atoms with Crippen molar-refractivity contribution in [1.29, 1.82) is 0 Å². The molecule has 0 radical (unpaired) electrons. The van der Waals surface area contributed by atoms with Crippen molar-refractivity contribution in [3.05, 3.63) is 24.3 Å². The Morgan fingerprint density at radius 2 is 2.40 bits per heavy atom. The van der Waals surface area contributed by atoms with Gasteiger partial charge in [0.05, 0.1) is 6.54 Å². The number of hydrogen-bond donors (Lipinski definition) is 1. The second kappa shape index (κ2) is 6.36. The largest absolute Gasteiger partial charge is 0.353 e. The number of hydrogen-bond acceptors (Lipinski definition) is 5. The van der Waals surface area contributed by atoms with Gasteiger partial charge in [0.1, 0.15) is 11.6 Å². The zero-order chi connectivity index (χ0) is 14.5. The predicted molar refractivity (Wildman–Crippen MR) is 80.2 cm³/mol. The summed E-state index contributed by atoms with van der Waals surface area (Å²) < 4.78 is 0. The first-order chi connectivity index (χ1) is 9.61. The number of unbranched alkanes of at least 4 members (excludes halogenated alkanes) is 1. The highest BCUT2D eigenvalue weighted by molar-refractivity contribution is 5.95. The highest BCUT2D eigenvalue weighted by atomic mass is 16.2. The van der Waals surface area contributed by atoms with Crippen molar-refractivity contribution in [2.45, 2.75) is 26.7 Å². The van der Waals surface area contributed by atoms with E-state index in [2.05, 4.69) is 28.9 Å². The third-order valence-corrected chi connectivity index (χ3v) is 3.08. The Kier molecular flexibility index (Phi) is 4.55. The number of nitrogens with zero attached hydrogens (tertiary/aromatic N) is 4. The minimum absolute atomic E-state index is 0.0282. The molecule has 0 spiro atoms. The van der Waals surface area contributed by atoms with Crippen LogP contribution in [0.15, 0.2) is 34.4 Å². The smallest absolute Gasteiger partial charge is 0.239 e. The third kappa shape index (κ3) is 3.26. The van der Waals surface area contributed by atoms with Crippen LogP contribution >= 0.6 is 0 Å². The molecule has 108 valence electrons. The molecule has 0 unspecified atom stereocenters. The van der Waals surface area contributed by atoms with Crippen molar-refractivity contribution in [3.8, 4) is 0 Å². The summed E-state index contributed by atoms with van der Waals surface area (Å²) in [5, 5.41) is 8.96. The van der Waals surface area contributed by atoms with Crippen LogP contribution in [-0.4, -0.2) is 47.4 Å². The molecule has 0 aliphatic carbocycles. The standard InChI is InChI=1S/C14H21N5O/c1-4-5-6-16-19-12(3)17-11(2)9-14(19)18-8-7-15-13(20)10-18/h6,9H,3-5,7-8,10H2,1-2H3,(H,15,20)/b16-6-. The number of nitrogens with one attached hydrogen (secondary N) is 1. The van der Waals surface area contributed by atoms with Crippen molar-refractivity contribution in [1.82, 2.24) is 15.2 Å². The quantitative estimate of drug-likeness (QED) is 0.787. The lowest BCUT2D eigenvalue weighted by Crippen LogP contribution is -2.49. The van der Waals surface area contributed by atoms with Gasteiger partial charge in [0.25, 0.3) is 0 Å². The molecule has 0 aromatic carbocycles. The number of aliphatic imine (C=N–C) groups is 1. The van der Waals surface area contributed by atoms with E-state index >= 15 is 0 Å². The first kappa shape index (κ1) is 14.3. The number of amides is 1. The van der Waals surface area contributed by atoms with Crippen LogP contribution in [0.2, 0.25) is 0 Å². The van der Waals surface area contributed by atoms with Gasteiger partial charge in [-0.1, -0.05) is 19.9 Å². The van der Waals surface area contributed by atoms with E-state index in [1.807, 2.05) is 24.1 Å². The second-order valence-electron chi connectivity index (χ2n) is 4.84. The monoisotopic (exact) mass is 275 g/mol. The van der Waals surface area contributed by atoms with E-state index in [1.165, 1.54) is 0 Å². The number of hydrazone groups is 1. The molecule has 2 aliphatic rings. The van der Waals surface area contributed by atoms with Gasteiger partial charge in [0, 0.05) is 31.1 Å². The lowest BCUT2D eigenvalue weighted by Gasteiger charge is -2.36. The number of rotatable bonds is 4. The van der Waals surface area contributed by atoms with Gasteiger partial charge >= 0.3 is 0 Å². The fourth-order valence-electron chi connectivity index (χ4n) is 2.12. The highest BCUT2D eigenvalue weighted by Gasteiger charge is 2.26. The van der Waals surface area contributed by atoms with Crippen molar-refractivity contribution in [2.75, 3.05) is 19.6 Å². The van der Waals surface area contributed by atoms with E-state index in [0.717, 1.165) is 30.9 Å². The average Bonchev–Trinajstić information content (AvgIpc) is 2.41. The summed E-state index contributed by atoms with van der Waals surface area (Å²) in [6.07, 6.45) is 5.74. The molecule has 1 saturated heterocycles. The zero-order valence-corrected chi connectivity index (χ0v) is 12.1. The molecule has 6 nitrogen and oxygen atoms in total. The molecule has 2 aliphatic heterocycles. The minimum Gasteiger partial charge on any atom is -0.353 e. The summed E-state index contributed by atoms with van der Waals surface area (Å²) in [4.78, 5) is 17.9. The maximum absolute atomic E-state index is 11.6. The molecule has 0 aromatic rings. The van der Waals surface area contributed by atoms with E-state index in [9.17, 15) is 4.79 Å². The molecule has 2 rings (SSSR count). The molecular formula is C14H21N5O. The van der Waals surface area contributed by atoms with E-state index < -0.39 is 0 Å². The molecule has 1 N–H and O–H groups in total. The fourth-order valence-corrected chi connectivity index (χ4v) is 2.12. The van der Waals surface area contributed by atoms with Crippen molar-refractivity contribution in [3.63, 3.8) is 0 Å². The zero-order valence-electron chi connectivity index (χ0n) is 12.1. The summed E-state index contributed by atoms with van der Waals surface area (Å²) in [5.74, 6) is 1.48. The molecule has 20 heavy (non-hydrogen) atoms. The van der Waals surface area contributed by atoms with E-state index in [1.54, 1.807) is 5.01 Å². The fraction of sp³-hybridized carbons (Fsp3) is 0.500. The first-order valence-electron chi connectivity index (χ1n) is 6.92. The Labute approximate surface area is 119 Å². The number of piperazine rings is 1. The summed E-state index contributed by atoms with van der Waals surface area (Å²) in [6, 6.07) is 0. The molecule has 0 saturated carbocycles. The van der Waals surface area contributed by atoms with Crippen LogP contribution < -0.4 is 5.32 Å². The van der Waals surface area contributed by atoms with Gasteiger partial charge in [-0.05, 0) is 13.3 Å². The van der Waals surface area contributed by atoms with E-state index in [-0.39, 0.29) is 5.91 Å². The Hall–Kier alpha value is -2.11. The summed E-state index contributed by atoms with van der Waals surface area (Å²) in [7, 11) is 0. The van der Waals surface area contributed by atoms with E-state index in [0.29, 0.717) is 18.9 Å². The lowest BCUT2D eigenvalue weighted by atomic mass is 10.2. The Morgan fingerprint density at radius 3 is 3.10 bits per heavy atom. The molecule has 2 heterocycles. The Bertz CT molecular complexity index is 492. The van der Waals surface area contributed by atoms with Crippen LogP contribution in [0, 0.1) is 0 Å². The third-order valence-electron chi connectivity index (χ3n) is 3.08. The van der Waals surface area contributed by atoms with Gasteiger partial charge in [-0.25, -0.2) is 10.0 Å². The Morgan fingerprint density at radius 1 is 1.60 bits per heavy atom. The lowest BCUT2D eigenvalue weighted by molar-refractivity contribution is -0.123. The normalized spacial score (nSPS) is 20.1. The summed E-state index contributed by atoms with van der Waals surface area (Å²) in [6.45, 7) is 9.71. The average molecular weight is 275 g/mol. The van der Waals surface area contributed by atoms with Crippen LogP contribution in [0.25, 0.3) is 0 Å².